The minimum Gasteiger partial charge on any atom is -0.363 e. The van der Waals surface area contributed by atoms with Gasteiger partial charge in [0, 0.05) is 54.4 Å². The van der Waals surface area contributed by atoms with Crippen LogP contribution < -0.4 is 5.43 Å². The van der Waals surface area contributed by atoms with E-state index < -0.39 is 0 Å². The number of rotatable bonds is 7. The second kappa shape index (κ2) is 8.59. The molecule has 0 atom stereocenters. The molecule has 6 aromatic rings. The Labute approximate surface area is 195 Å². The van der Waals surface area contributed by atoms with E-state index in [0.717, 1.165) is 45.5 Å². The maximum Gasteiger partial charge on any atom is 0.131 e. The Hall–Kier alpha value is -4.85. The second-order valence-electron chi connectivity index (χ2n) is 7.87. The predicted molar refractivity (Wildman–Crippen MR) is 131 cm³/mol. The van der Waals surface area contributed by atoms with Crippen LogP contribution in [0.15, 0.2) is 104 Å². The van der Waals surface area contributed by atoms with E-state index in [1.54, 1.807) is 11.0 Å². The van der Waals surface area contributed by atoms with Crippen molar-refractivity contribution >= 4 is 5.82 Å². The fourth-order valence-corrected chi connectivity index (χ4v) is 4.04. The fraction of sp³-hybridized carbons (Fsp3) is 0.0385. The Kier molecular flexibility index (Phi) is 5.00. The van der Waals surface area contributed by atoms with Gasteiger partial charge in [0.15, 0.2) is 0 Å². The van der Waals surface area contributed by atoms with E-state index >= 15 is 0 Å². The van der Waals surface area contributed by atoms with Gasteiger partial charge in [-0.1, -0.05) is 6.07 Å². The molecule has 0 aliphatic heterocycles. The molecule has 0 radical (unpaired) electrons. The van der Waals surface area contributed by atoms with Crippen LogP contribution in [-0.2, 0) is 6.42 Å². The quantitative estimate of drug-likeness (QED) is 0.325. The van der Waals surface area contributed by atoms with Crippen molar-refractivity contribution in [3.63, 3.8) is 0 Å². The highest BCUT2D eigenvalue weighted by atomic mass is 15.6. The average molecular weight is 447 g/mol. The summed E-state index contributed by atoms with van der Waals surface area (Å²) in [5.74, 6) is 0.917. The van der Waals surface area contributed by atoms with Crippen LogP contribution >= 0.6 is 0 Å². The monoisotopic (exact) mass is 446 g/mol. The van der Waals surface area contributed by atoms with E-state index in [1.807, 2.05) is 73.4 Å². The third kappa shape index (κ3) is 3.88. The van der Waals surface area contributed by atoms with Crippen LogP contribution in [0.5, 0.6) is 0 Å². The van der Waals surface area contributed by atoms with Crippen molar-refractivity contribution in [3.8, 4) is 28.3 Å². The molecule has 0 saturated carbocycles. The highest BCUT2D eigenvalue weighted by Crippen LogP contribution is 2.25. The second-order valence-corrected chi connectivity index (χ2v) is 7.87. The molecule has 0 spiro atoms. The van der Waals surface area contributed by atoms with Crippen LogP contribution in [0.3, 0.4) is 0 Å². The van der Waals surface area contributed by atoms with Crippen LogP contribution in [0.25, 0.3) is 28.3 Å². The Bertz CT molecular complexity index is 1510. The molecule has 0 aromatic carbocycles. The number of hydrogen-bond donors (Lipinski definition) is 3. The first-order chi connectivity index (χ1) is 16.8. The van der Waals surface area contributed by atoms with Gasteiger partial charge < -0.3 is 14.5 Å². The minimum absolute atomic E-state index is 0.671. The summed E-state index contributed by atoms with van der Waals surface area (Å²) in [6, 6.07) is 22.1. The highest BCUT2D eigenvalue weighted by molar-refractivity contribution is 5.66. The lowest BCUT2D eigenvalue weighted by Gasteiger charge is -2.12. The summed E-state index contributed by atoms with van der Waals surface area (Å²) in [5, 5.41) is 4.23. The number of anilines is 1. The fourth-order valence-electron chi connectivity index (χ4n) is 4.04. The van der Waals surface area contributed by atoms with E-state index in [9.17, 15) is 0 Å². The van der Waals surface area contributed by atoms with Gasteiger partial charge in [-0.25, -0.2) is 0 Å². The van der Waals surface area contributed by atoms with Crippen LogP contribution in [-0.4, -0.2) is 34.4 Å². The zero-order chi connectivity index (χ0) is 22.7. The molecule has 0 amide bonds. The van der Waals surface area contributed by atoms with E-state index in [2.05, 4.69) is 54.3 Å². The van der Waals surface area contributed by atoms with Crippen molar-refractivity contribution < 1.29 is 0 Å². The zero-order valence-corrected chi connectivity index (χ0v) is 18.3. The first-order valence-electron chi connectivity index (χ1n) is 11.0. The van der Waals surface area contributed by atoms with Crippen molar-refractivity contribution in [2.75, 3.05) is 5.43 Å². The largest absolute Gasteiger partial charge is 0.363 e. The molecule has 166 valence electrons. The molecular formula is C26H22N8. The van der Waals surface area contributed by atoms with Gasteiger partial charge in [-0.3, -0.25) is 15.4 Å². The summed E-state index contributed by atoms with van der Waals surface area (Å²) in [5.41, 5.74) is 10.2. The Morgan fingerprint density at radius 1 is 0.824 bits per heavy atom. The van der Waals surface area contributed by atoms with Crippen LogP contribution in [0.4, 0.5) is 5.82 Å². The van der Waals surface area contributed by atoms with Crippen LogP contribution in [0.2, 0.25) is 0 Å². The molecule has 3 N–H and O–H groups in total. The molecule has 6 heterocycles. The van der Waals surface area contributed by atoms with Gasteiger partial charge >= 0.3 is 0 Å². The summed E-state index contributed by atoms with van der Waals surface area (Å²) >= 11 is 0. The number of aromatic nitrogens is 7. The van der Waals surface area contributed by atoms with E-state index in [0.29, 0.717) is 6.42 Å². The summed E-state index contributed by atoms with van der Waals surface area (Å²) < 4.78 is 2.10. The number of nitrogens with zero attached hydrogens (tertiary/aromatic N) is 5. The third-order valence-electron chi connectivity index (χ3n) is 5.64. The SMILES string of the molecule is c1cc(Cc2[nH]ccc2-n2cccc2Nn2cccn2)nc(-c2ccnc(-c3ccc[nH]3)c2)c1. The number of nitrogens with one attached hydrogen (secondary N) is 3. The van der Waals surface area contributed by atoms with E-state index in [-0.39, 0.29) is 0 Å². The number of aromatic amines is 2. The summed E-state index contributed by atoms with van der Waals surface area (Å²) in [7, 11) is 0. The molecule has 8 nitrogen and oxygen atoms in total. The molecule has 8 heteroatoms. The van der Waals surface area contributed by atoms with Gasteiger partial charge in [0.25, 0.3) is 0 Å². The zero-order valence-electron chi connectivity index (χ0n) is 18.3. The van der Waals surface area contributed by atoms with Gasteiger partial charge in [-0.2, -0.15) is 9.89 Å². The van der Waals surface area contributed by atoms with Gasteiger partial charge in [0.1, 0.15) is 5.82 Å². The maximum absolute atomic E-state index is 4.95. The van der Waals surface area contributed by atoms with Gasteiger partial charge in [-0.15, -0.1) is 0 Å². The summed E-state index contributed by atoms with van der Waals surface area (Å²) in [6.45, 7) is 0. The minimum atomic E-state index is 0.671. The Morgan fingerprint density at radius 3 is 2.71 bits per heavy atom. The maximum atomic E-state index is 4.95. The molecule has 0 bridgehead atoms. The predicted octanol–water partition coefficient (Wildman–Crippen LogP) is 4.92. The van der Waals surface area contributed by atoms with Crippen molar-refractivity contribution in [2.24, 2.45) is 0 Å². The lowest BCUT2D eigenvalue weighted by molar-refractivity contribution is 0.788. The molecule has 6 rings (SSSR count). The molecule has 6 aromatic heterocycles. The first kappa shape index (κ1) is 19.8. The molecule has 0 saturated heterocycles. The summed E-state index contributed by atoms with van der Waals surface area (Å²) in [4.78, 5) is 17.7. The van der Waals surface area contributed by atoms with Crippen LogP contribution in [0, 0.1) is 0 Å². The lowest BCUT2D eigenvalue weighted by Crippen LogP contribution is -2.12. The van der Waals surface area contributed by atoms with Crippen molar-refractivity contribution in [1.29, 1.82) is 0 Å². The smallest absolute Gasteiger partial charge is 0.131 e. The van der Waals surface area contributed by atoms with Crippen molar-refractivity contribution in [2.45, 2.75) is 6.42 Å². The number of H-pyrrole nitrogens is 2. The van der Waals surface area contributed by atoms with E-state index in [1.165, 1.54) is 0 Å². The molecule has 0 unspecified atom stereocenters. The molecule has 0 aliphatic carbocycles. The third-order valence-corrected chi connectivity index (χ3v) is 5.64. The topological polar surface area (TPSA) is 92.1 Å². The normalized spacial score (nSPS) is 11.1. The van der Waals surface area contributed by atoms with Crippen molar-refractivity contribution in [3.05, 3.63) is 115 Å². The van der Waals surface area contributed by atoms with Crippen molar-refractivity contribution in [1.82, 2.24) is 34.4 Å². The molecule has 0 aliphatic rings. The summed E-state index contributed by atoms with van der Waals surface area (Å²) in [6.07, 6.45) is 12.0. The number of pyridine rings is 2. The first-order valence-corrected chi connectivity index (χ1v) is 11.0. The van der Waals surface area contributed by atoms with Gasteiger partial charge in [-0.05, 0) is 60.7 Å². The average Bonchev–Trinajstić information content (AvgIpc) is 3.68. The Morgan fingerprint density at radius 2 is 1.82 bits per heavy atom. The van der Waals surface area contributed by atoms with E-state index in [4.69, 9.17) is 4.98 Å². The Balaban J connectivity index is 1.28. The number of hydrogen-bond acceptors (Lipinski definition) is 4. The highest BCUT2D eigenvalue weighted by Gasteiger charge is 2.12. The standard InChI is InChI=1S/C26H22N8/c1-5-20(31-21(6-1)19-9-13-28-23(17-19)22-7-2-11-27-22)18-24-25(10-14-29-24)33-15-3-8-26(33)32-34-16-4-12-30-34/h1-17,27,29,32H,18H2. The molecular weight excluding hydrogens is 424 g/mol. The molecule has 34 heavy (non-hydrogen) atoms. The van der Waals surface area contributed by atoms with Crippen LogP contribution in [0.1, 0.15) is 11.4 Å². The lowest BCUT2D eigenvalue weighted by atomic mass is 10.1. The van der Waals surface area contributed by atoms with Gasteiger partial charge in [0.2, 0.25) is 0 Å². The molecule has 0 fully saturated rings. The van der Waals surface area contributed by atoms with Gasteiger partial charge in [0.05, 0.1) is 29.0 Å².